The summed E-state index contributed by atoms with van der Waals surface area (Å²) in [6.07, 6.45) is 0. The Labute approximate surface area is 83.1 Å². The van der Waals surface area contributed by atoms with Crippen molar-refractivity contribution in [2.24, 2.45) is 0 Å². The molecule has 14 heavy (non-hydrogen) atoms. The molecule has 0 heterocycles. The van der Waals surface area contributed by atoms with Gasteiger partial charge >= 0.3 is 10.4 Å². The Kier molecular flexibility index (Phi) is 12.4. The van der Waals surface area contributed by atoms with Crippen LogP contribution in [0.25, 0.3) is 0 Å². The monoisotopic (exact) mass is 232 g/mol. The van der Waals surface area contributed by atoms with Gasteiger partial charge in [-0.25, -0.2) is 5.43 Å². The molecule has 0 aromatic carbocycles. The zero-order valence-corrected chi connectivity index (χ0v) is 8.87. The van der Waals surface area contributed by atoms with Gasteiger partial charge in [0.25, 0.3) is 0 Å². The summed E-state index contributed by atoms with van der Waals surface area (Å²) in [5.74, 6) is 0. The zero-order valence-electron chi connectivity index (χ0n) is 8.06. The van der Waals surface area contributed by atoms with Crippen molar-refractivity contribution < 1.29 is 27.1 Å². The first-order valence-electron chi connectivity index (χ1n) is 3.70. The first-order chi connectivity index (χ1) is 6.41. The number of nitrogens with one attached hydrogen (secondary N) is 2. The molecule has 0 aliphatic carbocycles. The minimum Gasteiger partial charge on any atom is -0.382 e. The smallest absolute Gasteiger partial charge is 0.382 e. The van der Waals surface area contributed by atoms with E-state index >= 15 is 0 Å². The Hall–Kier alpha value is -0.290. The summed E-state index contributed by atoms with van der Waals surface area (Å²) < 4.78 is 36.3. The zero-order chi connectivity index (χ0) is 11.4. The van der Waals surface area contributed by atoms with Gasteiger partial charge in [0.05, 0.1) is 13.2 Å². The molecule has 88 valence electrons. The molecular weight excluding hydrogens is 216 g/mol. The van der Waals surface area contributed by atoms with E-state index in [1.807, 2.05) is 6.92 Å². The van der Waals surface area contributed by atoms with E-state index in [-0.39, 0.29) is 0 Å². The second kappa shape index (κ2) is 10.8. The number of hydrazine groups is 1. The number of hydrogen-bond donors (Lipinski definition) is 4. The number of methoxy groups -OCH3 is 1. The fourth-order valence-electron chi connectivity index (χ4n) is 0.299. The SMILES string of the molecule is CCNNOCCOC.O=S(=O)(O)O. The Bertz CT molecular complexity index is 180. The molecule has 0 fully saturated rings. The topological polar surface area (TPSA) is 117 Å². The molecule has 0 rings (SSSR count). The van der Waals surface area contributed by atoms with Crippen molar-refractivity contribution in [1.82, 2.24) is 11.0 Å². The van der Waals surface area contributed by atoms with Crippen molar-refractivity contribution >= 4 is 10.4 Å². The molecular formula is C5H16N2O6S. The third-order valence-corrected chi connectivity index (χ3v) is 0.711. The molecule has 0 aromatic heterocycles. The van der Waals surface area contributed by atoms with Crippen molar-refractivity contribution in [3.63, 3.8) is 0 Å². The maximum Gasteiger partial charge on any atom is 0.394 e. The van der Waals surface area contributed by atoms with Gasteiger partial charge in [-0.1, -0.05) is 6.92 Å². The van der Waals surface area contributed by atoms with Gasteiger partial charge in [-0.15, -0.1) is 5.59 Å². The summed E-state index contributed by atoms with van der Waals surface area (Å²) >= 11 is 0. The highest BCUT2D eigenvalue weighted by atomic mass is 32.3. The van der Waals surface area contributed by atoms with Crippen molar-refractivity contribution in [2.45, 2.75) is 6.92 Å². The first kappa shape index (κ1) is 16.2. The van der Waals surface area contributed by atoms with Gasteiger partial charge in [0, 0.05) is 13.7 Å². The predicted octanol–water partition coefficient (Wildman–Crippen LogP) is -0.974. The normalized spacial score (nSPS) is 10.6. The van der Waals surface area contributed by atoms with Crippen molar-refractivity contribution in [1.29, 1.82) is 0 Å². The van der Waals surface area contributed by atoms with Crippen LogP contribution in [0.15, 0.2) is 0 Å². The molecule has 0 radical (unpaired) electrons. The molecule has 0 atom stereocenters. The number of rotatable bonds is 6. The van der Waals surface area contributed by atoms with Crippen LogP contribution in [0, 0.1) is 0 Å². The molecule has 0 saturated heterocycles. The van der Waals surface area contributed by atoms with Crippen LogP contribution in [0.1, 0.15) is 6.92 Å². The van der Waals surface area contributed by atoms with Crippen LogP contribution in [-0.2, 0) is 20.0 Å². The summed E-state index contributed by atoms with van der Waals surface area (Å²) in [6, 6.07) is 0. The van der Waals surface area contributed by atoms with E-state index in [0.717, 1.165) is 6.54 Å². The molecule has 9 heteroatoms. The van der Waals surface area contributed by atoms with Crippen LogP contribution in [0.5, 0.6) is 0 Å². The molecule has 0 aliphatic heterocycles. The van der Waals surface area contributed by atoms with Crippen LogP contribution in [0.4, 0.5) is 0 Å². The van der Waals surface area contributed by atoms with E-state index in [1.165, 1.54) is 0 Å². The van der Waals surface area contributed by atoms with Gasteiger partial charge in [0.1, 0.15) is 0 Å². The first-order valence-corrected chi connectivity index (χ1v) is 5.10. The van der Waals surface area contributed by atoms with Crippen molar-refractivity contribution in [3.8, 4) is 0 Å². The Morgan fingerprint density at radius 2 is 1.79 bits per heavy atom. The van der Waals surface area contributed by atoms with E-state index < -0.39 is 10.4 Å². The fraction of sp³-hybridized carbons (Fsp3) is 1.00. The summed E-state index contributed by atoms with van der Waals surface area (Å²) in [5, 5.41) is 0. The van der Waals surface area contributed by atoms with Crippen molar-refractivity contribution in [2.75, 3.05) is 26.9 Å². The second-order valence-corrected chi connectivity index (χ2v) is 2.82. The average Bonchev–Trinajstić information content (AvgIpc) is 2.01. The van der Waals surface area contributed by atoms with Crippen molar-refractivity contribution in [3.05, 3.63) is 0 Å². The Morgan fingerprint density at radius 1 is 1.29 bits per heavy atom. The minimum absolute atomic E-state index is 0.559. The molecule has 0 spiro atoms. The standard InChI is InChI=1S/C5H14N2O2.H2O4S/c1-3-6-7-9-5-4-8-2;1-5(2,3)4/h6-7H,3-5H2,1-2H3;(H2,1,2,3,4). The maximum atomic E-state index is 8.74. The highest BCUT2D eigenvalue weighted by molar-refractivity contribution is 7.79. The average molecular weight is 232 g/mol. The highest BCUT2D eigenvalue weighted by Crippen LogP contribution is 1.66. The quantitative estimate of drug-likeness (QED) is 0.262. The Morgan fingerprint density at radius 3 is 2.14 bits per heavy atom. The van der Waals surface area contributed by atoms with Gasteiger partial charge < -0.3 is 4.74 Å². The lowest BCUT2D eigenvalue weighted by Gasteiger charge is -2.03. The number of ether oxygens (including phenoxy) is 1. The minimum atomic E-state index is -4.67. The Balaban J connectivity index is 0. The summed E-state index contributed by atoms with van der Waals surface area (Å²) in [6.45, 7) is 3.99. The molecule has 0 aliphatic rings. The third kappa shape index (κ3) is 41.2. The summed E-state index contributed by atoms with van der Waals surface area (Å²) in [7, 11) is -3.03. The summed E-state index contributed by atoms with van der Waals surface area (Å²) in [5.41, 5.74) is 5.32. The molecule has 4 N–H and O–H groups in total. The lowest BCUT2D eigenvalue weighted by Crippen LogP contribution is -2.32. The third-order valence-electron chi connectivity index (χ3n) is 0.711. The van der Waals surface area contributed by atoms with Gasteiger partial charge in [0.2, 0.25) is 0 Å². The van der Waals surface area contributed by atoms with Crippen LogP contribution >= 0.6 is 0 Å². The predicted molar refractivity (Wildman–Crippen MR) is 48.8 cm³/mol. The fourth-order valence-corrected chi connectivity index (χ4v) is 0.299. The van der Waals surface area contributed by atoms with Crippen LogP contribution in [0.3, 0.4) is 0 Å². The van der Waals surface area contributed by atoms with E-state index in [2.05, 4.69) is 11.0 Å². The van der Waals surface area contributed by atoms with Gasteiger partial charge in [-0.05, 0) is 0 Å². The molecule has 0 saturated carbocycles. The molecule has 0 bridgehead atoms. The van der Waals surface area contributed by atoms with E-state index in [1.54, 1.807) is 7.11 Å². The van der Waals surface area contributed by atoms with Gasteiger partial charge in [0.15, 0.2) is 0 Å². The van der Waals surface area contributed by atoms with Crippen LogP contribution in [0.2, 0.25) is 0 Å². The van der Waals surface area contributed by atoms with Gasteiger partial charge in [-0.2, -0.15) is 8.42 Å². The molecule has 0 unspecified atom stereocenters. The molecule has 8 nitrogen and oxygen atoms in total. The van der Waals surface area contributed by atoms with Crippen LogP contribution in [-0.4, -0.2) is 44.4 Å². The van der Waals surface area contributed by atoms with E-state index in [9.17, 15) is 0 Å². The largest absolute Gasteiger partial charge is 0.394 e. The highest BCUT2D eigenvalue weighted by Gasteiger charge is 1.84. The van der Waals surface area contributed by atoms with E-state index in [4.69, 9.17) is 27.1 Å². The molecule has 0 aromatic rings. The van der Waals surface area contributed by atoms with Crippen LogP contribution < -0.4 is 11.0 Å². The second-order valence-electron chi connectivity index (χ2n) is 1.92. The lowest BCUT2D eigenvalue weighted by molar-refractivity contribution is -0.0152. The molecule has 0 amide bonds. The lowest BCUT2D eigenvalue weighted by atomic mass is 10.8. The van der Waals surface area contributed by atoms with E-state index in [0.29, 0.717) is 13.2 Å². The van der Waals surface area contributed by atoms with Gasteiger partial charge in [-0.3, -0.25) is 13.9 Å². The number of hydrogen-bond acceptors (Lipinski definition) is 6. The summed E-state index contributed by atoms with van der Waals surface area (Å²) in [4.78, 5) is 4.83. The maximum absolute atomic E-state index is 8.74.